The number of fused-ring (bicyclic) bond motifs is 1. The minimum atomic E-state index is -4.54. The number of thiophene rings is 1. The minimum absolute atomic E-state index is 0. The molecule has 0 spiro atoms. The van der Waals surface area contributed by atoms with Crippen LogP contribution in [0.15, 0.2) is 33.9 Å². The second kappa shape index (κ2) is 7.67. The van der Waals surface area contributed by atoms with E-state index in [1.807, 2.05) is 10.8 Å². The average molecular weight is 364 g/mol. The van der Waals surface area contributed by atoms with E-state index in [0.717, 1.165) is 6.07 Å². The molecule has 7 nitrogen and oxygen atoms in total. The summed E-state index contributed by atoms with van der Waals surface area (Å²) in [4.78, 5) is -0.373. The Morgan fingerprint density at radius 2 is 2.04 bits per heavy atom. The molecule has 0 bridgehead atoms. The minimum Gasteiger partial charge on any atom is -0.744 e. The van der Waals surface area contributed by atoms with E-state index in [1.54, 1.807) is 0 Å². The van der Waals surface area contributed by atoms with Crippen LogP contribution < -0.4 is 37.8 Å². The molecule has 1 unspecified atom stereocenters. The molecular weight excluding hydrogens is 351 g/mol. The van der Waals surface area contributed by atoms with Crippen LogP contribution in [0.2, 0.25) is 0 Å². The Morgan fingerprint density at radius 3 is 2.75 bits per heavy atom. The molecule has 0 N–H and O–H groups in total. The molecule has 3 rings (SSSR count). The molecule has 1 aromatic heterocycles. The number of benzene rings is 1. The summed E-state index contributed by atoms with van der Waals surface area (Å²) in [5, 5.41) is 3.70. The number of methoxy groups -OCH3 is 1. The normalized spacial score (nSPS) is 16.2. The first-order valence-corrected chi connectivity index (χ1v) is 8.95. The van der Waals surface area contributed by atoms with Gasteiger partial charge in [0.2, 0.25) is 0 Å². The third-order valence-corrected chi connectivity index (χ3v) is 4.69. The number of ether oxygens (including phenoxy) is 4. The van der Waals surface area contributed by atoms with Crippen LogP contribution >= 0.6 is 11.3 Å². The van der Waals surface area contributed by atoms with Crippen molar-refractivity contribution in [2.45, 2.75) is 11.0 Å². The SMILES string of the molecule is COc1cc(S(=O)(=O)[O-])ccc1OCC1COc2cscc2O1.[Li+]. The van der Waals surface area contributed by atoms with Crippen LogP contribution in [0.3, 0.4) is 0 Å². The van der Waals surface area contributed by atoms with Crippen LogP contribution in [0.25, 0.3) is 0 Å². The number of rotatable bonds is 5. The summed E-state index contributed by atoms with van der Waals surface area (Å²) in [6.07, 6.45) is -0.301. The van der Waals surface area contributed by atoms with Gasteiger partial charge in [-0.1, -0.05) is 0 Å². The van der Waals surface area contributed by atoms with E-state index in [-0.39, 0.29) is 42.2 Å². The predicted molar refractivity (Wildman–Crippen MR) is 80.7 cm³/mol. The molecule has 0 saturated carbocycles. The number of hydrogen-bond acceptors (Lipinski definition) is 8. The largest absolute Gasteiger partial charge is 1.00 e. The van der Waals surface area contributed by atoms with Gasteiger partial charge in [0.25, 0.3) is 0 Å². The van der Waals surface area contributed by atoms with Gasteiger partial charge in [-0.2, -0.15) is 0 Å². The summed E-state index contributed by atoms with van der Waals surface area (Å²) in [5.74, 6) is 1.87. The van der Waals surface area contributed by atoms with E-state index in [2.05, 4.69) is 0 Å². The summed E-state index contributed by atoms with van der Waals surface area (Å²) in [6, 6.07) is 3.69. The maximum atomic E-state index is 11.0. The number of hydrogen-bond donors (Lipinski definition) is 0. The van der Waals surface area contributed by atoms with Crippen molar-refractivity contribution in [2.75, 3.05) is 20.3 Å². The zero-order chi connectivity index (χ0) is 16.4. The zero-order valence-electron chi connectivity index (χ0n) is 13.1. The third kappa shape index (κ3) is 4.17. The van der Waals surface area contributed by atoms with E-state index in [4.69, 9.17) is 18.9 Å². The summed E-state index contributed by atoms with van der Waals surface area (Å²) >= 11 is 1.48. The predicted octanol–water partition coefficient (Wildman–Crippen LogP) is -1.12. The van der Waals surface area contributed by atoms with Crippen molar-refractivity contribution in [3.05, 3.63) is 29.0 Å². The Kier molecular flexibility index (Phi) is 6.06. The molecule has 1 atom stereocenters. The molecule has 24 heavy (non-hydrogen) atoms. The van der Waals surface area contributed by atoms with Crippen LogP contribution in [-0.4, -0.2) is 39.4 Å². The van der Waals surface area contributed by atoms with Crippen LogP contribution in [-0.2, 0) is 10.1 Å². The molecule has 0 fully saturated rings. The Balaban J connectivity index is 0.00000208. The van der Waals surface area contributed by atoms with Gasteiger partial charge in [-0.05, 0) is 12.1 Å². The summed E-state index contributed by atoms with van der Waals surface area (Å²) in [5.41, 5.74) is 0. The molecular formula is C14H13LiO7S2. The third-order valence-electron chi connectivity index (χ3n) is 3.16. The quantitative estimate of drug-likeness (QED) is 0.490. The van der Waals surface area contributed by atoms with Crippen molar-refractivity contribution in [1.29, 1.82) is 0 Å². The standard InChI is InChI=1S/C14H14O7S2.Li/c1-18-12-4-10(23(15,16)17)2-3-11(12)19-5-9-6-20-13-7-22-8-14(13)21-9;/h2-4,7-9H,5-6H2,1H3,(H,15,16,17);/q;+1/p-1. The van der Waals surface area contributed by atoms with Crippen LogP contribution in [0, 0.1) is 0 Å². The molecule has 1 aliphatic heterocycles. The van der Waals surface area contributed by atoms with Crippen molar-refractivity contribution >= 4 is 21.5 Å². The second-order valence-electron chi connectivity index (χ2n) is 4.73. The summed E-state index contributed by atoms with van der Waals surface area (Å²) in [7, 11) is -3.18. The van der Waals surface area contributed by atoms with E-state index < -0.39 is 10.1 Å². The van der Waals surface area contributed by atoms with E-state index in [9.17, 15) is 13.0 Å². The Labute approximate surface area is 155 Å². The molecule has 1 aromatic carbocycles. The van der Waals surface area contributed by atoms with Gasteiger partial charge in [0.15, 0.2) is 29.1 Å². The molecule has 10 heteroatoms. The fourth-order valence-electron chi connectivity index (χ4n) is 2.05. The first-order valence-electron chi connectivity index (χ1n) is 6.60. The van der Waals surface area contributed by atoms with Crippen molar-refractivity contribution in [2.24, 2.45) is 0 Å². The fraction of sp³-hybridized carbons (Fsp3) is 0.286. The molecule has 2 aromatic rings. The van der Waals surface area contributed by atoms with Gasteiger partial charge in [0, 0.05) is 16.8 Å². The van der Waals surface area contributed by atoms with E-state index in [0.29, 0.717) is 23.9 Å². The van der Waals surface area contributed by atoms with Gasteiger partial charge >= 0.3 is 18.9 Å². The first-order chi connectivity index (χ1) is 11.0. The zero-order valence-corrected chi connectivity index (χ0v) is 14.7. The Bertz CT molecular complexity index is 803. The van der Waals surface area contributed by atoms with Crippen LogP contribution in [0.4, 0.5) is 0 Å². The fourth-order valence-corrected chi connectivity index (χ4v) is 3.21. The topological polar surface area (TPSA) is 94.1 Å². The van der Waals surface area contributed by atoms with Crippen molar-refractivity contribution < 1.29 is 50.8 Å². The molecule has 0 aliphatic carbocycles. The van der Waals surface area contributed by atoms with Gasteiger partial charge in [-0.25, -0.2) is 8.42 Å². The maximum Gasteiger partial charge on any atom is 1.00 e. The molecule has 0 radical (unpaired) electrons. The van der Waals surface area contributed by atoms with Crippen LogP contribution in [0.5, 0.6) is 23.0 Å². The first kappa shape index (κ1) is 19.0. The smallest absolute Gasteiger partial charge is 0.744 e. The van der Waals surface area contributed by atoms with E-state index in [1.165, 1.54) is 30.6 Å². The van der Waals surface area contributed by atoms with Gasteiger partial charge in [-0.15, -0.1) is 11.3 Å². The van der Waals surface area contributed by atoms with Gasteiger partial charge in [-0.3, -0.25) is 0 Å². The van der Waals surface area contributed by atoms with Gasteiger partial charge < -0.3 is 23.5 Å². The second-order valence-corrected chi connectivity index (χ2v) is 6.85. The average Bonchev–Trinajstić information content (AvgIpc) is 2.99. The monoisotopic (exact) mass is 364 g/mol. The van der Waals surface area contributed by atoms with Crippen LogP contribution in [0.1, 0.15) is 0 Å². The van der Waals surface area contributed by atoms with Crippen molar-refractivity contribution in [3.63, 3.8) is 0 Å². The van der Waals surface area contributed by atoms with E-state index >= 15 is 0 Å². The Hall–Kier alpha value is -1.37. The summed E-state index contributed by atoms with van der Waals surface area (Å²) in [6.45, 7) is 0.536. The Morgan fingerprint density at radius 1 is 1.29 bits per heavy atom. The van der Waals surface area contributed by atoms with Gasteiger partial charge in [0.1, 0.15) is 23.3 Å². The molecule has 0 amide bonds. The van der Waals surface area contributed by atoms with Crippen molar-refractivity contribution in [1.82, 2.24) is 0 Å². The maximum absolute atomic E-state index is 11.0. The molecule has 1 aliphatic rings. The van der Waals surface area contributed by atoms with Crippen molar-refractivity contribution in [3.8, 4) is 23.0 Å². The molecule has 0 saturated heterocycles. The molecule has 124 valence electrons. The summed E-state index contributed by atoms with van der Waals surface area (Å²) < 4.78 is 55.0. The van der Waals surface area contributed by atoms with Gasteiger partial charge in [0.05, 0.1) is 12.0 Å². The molecule has 2 heterocycles.